The zero-order chi connectivity index (χ0) is 17.2. The SMILES string of the molecule is C[C@H](CNC(=O)N1CCN([C@@H](C)C(F)(F)F)CC1)N(C)C1CC1. The van der Waals surface area contributed by atoms with Gasteiger partial charge in [-0.3, -0.25) is 9.80 Å². The Kier molecular flexibility index (Phi) is 5.78. The van der Waals surface area contributed by atoms with Crippen LogP contribution in [0.15, 0.2) is 0 Å². The Labute approximate surface area is 135 Å². The van der Waals surface area contributed by atoms with Crippen LogP contribution in [0.5, 0.6) is 0 Å². The zero-order valence-electron chi connectivity index (χ0n) is 14.1. The summed E-state index contributed by atoms with van der Waals surface area (Å²) in [6.45, 7) is 4.98. The molecular weight excluding hydrogens is 309 g/mol. The molecule has 8 heteroatoms. The van der Waals surface area contributed by atoms with Crippen molar-refractivity contribution in [2.75, 3.05) is 39.8 Å². The van der Waals surface area contributed by atoms with Crippen LogP contribution < -0.4 is 5.32 Å². The highest BCUT2D eigenvalue weighted by Crippen LogP contribution is 2.27. The molecule has 0 aromatic carbocycles. The number of hydrogen-bond donors (Lipinski definition) is 1. The molecule has 0 spiro atoms. The van der Waals surface area contributed by atoms with Gasteiger partial charge in [0.15, 0.2) is 0 Å². The number of nitrogens with zero attached hydrogens (tertiary/aromatic N) is 3. The maximum atomic E-state index is 12.7. The molecule has 2 fully saturated rings. The van der Waals surface area contributed by atoms with Crippen LogP contribution in [0, 0.1) is 0 Å². The van der Waals surface area contributed by atoms with Crippen LogP contribution in [0.4, 0.5) is 18.0 Å². The van der Waals surface area contributed by atoms with Gasteiger partial charge >= 0.3 is 12.2 Å². The van der Waals surface area contributed by atoms with E-state index in [1.165, 1.54) is 24.7 Å². The first-order valence-corrected chi connectivity index (χ1v) is 8.25. The van der Waals surface area contributed by atoms with Crippen molar-refractivity contribution in [1.29, 1.82) is 0 Å². The molecule has 1 heterocycles. The number of carbonyl (C=O) groups excluding carboxylic acids is 1. The van der Waals surface area contributed by atoms with E-state index < -0.39 is 12.2 Å². The third kappa shape index (κ3) is 4.97. The number of hydrogen-bond acceptors (Lipinski definition) is 3. The fraction of sp³-hybridized carbons (Fsp3) is 0.933. The molecule has 0 radical (unpaired) electrons. The minimum absolute atomic E-state index is 0.180. The Morgan fingerprint density at radius 2 is 1.78 bits per heavy atom. The summed E-state index contributed by atoms with van der Waals surface area (Å²) in [7, 11) is 2.06. The fourth-order valence-corrected chi connectivity index (χ4v) is 2.85. The number of amides is 2. The van der Waals surface area contributed by atoms with Gasteiger partial charge in [-0.05, 0) is 33.7 Å². The summed E-state index contributed by atoms with van der Waals surface area (Å²) < 4.78 is 38.1. The molecule has 2 amide bonds. The van der Waals surface area contributed by atoms with Crippen LogP contribution in [0.2, 0.25) is 0 Å². The molecule has 134 valence electrons. The lowest BCUT2D eigenvalue weighted by molar-refractivity contribution is -0.181. The number of piperazine rings is 1. The average molecular weight is 336 g/mol. The molecule has 0 aromatic rings. The Morgan fingerprint density at radius 3 is 2.26 bits per heavy atom. The van der Waals surface area contributed by atoms with Crippen molar-refractivity contribution in [3.8, 4) is 0 Å². The highest BCUT2D eigenvalue weighted by Gasteiger charge is 2.41. The van der Waals surface area contributed by atoms with Gasteiger partial charge in [0.2, 0.25) is 0 Å². The molecule has 1 aliphatic heterocycles. The maximum Gasteiger partial charge on any atom is 0.403 e. The van der Waals surface area contributed by atoms with E-state index in [1.807, 2.05) is 0 Å². The molecule has 5 nitrogen and oxygen atoms in total. The van der Waals surface area contributed by atoms with Crippen molar-refractivity contribution in [2.45, 2.75) is 51.0 Å². The van der Waals surface area contributed by atoms with Crippen molar-refractivity contribution in [2.24, 2.45) is 0 Å². The summed E-state index contributed by atoms with van der Waals surface area (Å²) in [5, 5.41) is 2.89. The standard InChI is InChI=1S/C15H27F3N4O/c1-11(20(3)13-4-5-13)10-19-14(23)22-8-6-21(7-9-22)12(2)15(16,17)18/h11-13H,4-10H2,1-3H3,(H,19,23)/t11-,12+/m1/s1. The van der Waals surface area contributed by atoms with E-state index in [9.17, 15) is 18.0 Å². The van der Waals surface area contributed by atoms with Crippen LogP contribution in [-0.4, -0.2) is 84.8 Å². The van der Waals surface area contributed by atoms with Gasteiger partial charge < -0.3 is 10.2 Å². The molecule has 0 aromatic heterocycles. The molecule has 2 aliphatic rings. The number of rotatable bonds is 5. The van der Waals surface area contributed by atoms with Gasteiger partial charge in [-0.1, -0.05) is 0 Å². The minimum Gasteiger partial charge on any atom is -0.336 e. The number of halogens is 3. The molecule has 1 N–H and O–H groups in total. The van der Waals surface area contributed by atoms with Crippen LogP contribution >= 0.6 is 0 Å². The summed E-state index contributed by atoms with van der Waals surface area (Å²) in [6.07, 6.45) is -1.78. The largest absolute Gasteiger partial charge is 0.403 e. The predicted molar refractivity (Wildman–Crippen MR) is 82.3 cm³/mol. The molecule has 2 atom stereocenters. The third-order valence-electron chi connectivity index (χ3n) is 4.99. The molecule has 2 rings (SSSR count). The third-order valence-corrected chi connectivity index (χ3v) is 4.99. The lowest BCUT2D eigenvalue weighted by Gasteiger charge is -2.38. The summed E-state index contributed by atoms with van der Waals surface area (Å²) in [6, 6.07) is -0.743. The van der Waals surface area contributed by atoms with Gasteiger partial charge in [0, 0.05) is 44.8 Å². The first-order valence-electron chi connectivity index (χ1n) is 8.25. The molecule has 0 bridgehead atoms. The van der Waals surface area contributed by atoms with E-state index in [-0.39, 0.29) is 25.2 Å². The average Bonchev–Trinajstić information content (AvgIpc) is 3.34. The summed E-state index contributed by atoms with van der Waals surface area (Å²) in [5.41, 5.74) is 0. The highest BCUT2D eigenvalue weighted by atomic mass is 19.4. The predicted octanol–water partition coefficient (Wildman–Crippen LogP) is 1.75. The fourth-order valence-electron chi connectivity index (χ4n) is 2.85. The van der Waals surface area contributed by atoms with Gasteiger partial charge in [0.25, 0.3) is 0 Å². The number of urea groups is 1. The number of nitrogens with one attached hydrogen (secondary N) is 1. The van der Waals surface area contributed by atoms with E-state index in [4.69, 9.17) is 0 Å². The summed E-state index contributed by atoms with van der Waals surface area (Å²) in [5.74, 6) is 0. The smallest absolute Gasteiger partial charge is 0.336 e. The van der Waals surface area contributed by atoms with Crippen molar-refractivity contribution in [1.82, 2.24) is 20.0 Å². The maximum absolute atomic E-state index is 12.7. The zero-order valence-corrected chi connectivity index (χ0v) is 14.1. The van der Waals surface area contributed by atoms with Crippen molar-refractivity contribution in [3.05, 3.63) is 0 Å². The first-order chi connectivity index (χ1) is 10.7. The quantitative estimate of drug-likeness (QED) is 0.831. The topological polar surface area (TPSA) is 38.8 Å². The second-order valence-electron chi connectivity index (χ2n) is 6.67. The molecule has 1 saturated carbocycles. The van der Waals surface area contributed by atoms with E-state index >= 15 is 0 Å². The van der Waals surface area contributed by atoms with Gasteiger partial charge in [-0.2, -0.15) is 13.2 Å². The monoisotopic (exact) mass is 336 g/mol. The van der Waals surface area contributed by atoms with E-state index in [1.54, 1.807) is 4.90 Å². The van der Waals surface area contributed by atoms with Gasteiger partial charge in [0.1, 0.15) is 6.04 Å². The Bertz CT molecular complexity index is 406. The molecule has 1 aliphatic carbocycles. The van der Waals surface area contributed by atoms with Crippen LogP contribution in [0.1, 0.15) is 26.7 Å². The molecule has 1 saturated heterocycles. The number of carbonyl (C=O) groups is 1. The highest BCUT2D eigenvalue weighted by molar-refractivity contribution is 5.74. The lowest BCUT2D eigenvalue weighted by Crippen LogP contribution is -2.57. The Balaban J connectivity index is 1.71. The van der Waals surface area contributed by atoms with Crippen LogP contribution in [0.25, 0.3) is 0 Å². The van der Waals surface area contributed by atoms with Gasteiger partial charge in [0.05, 0.1) is 0 Å². The van der Waals surface area contributed by atoms with Gasteiger partial charge in [-0.25, -0.2) is 4.79 Å². The Hall–Kier alpha value is -1.02. The second kappa shape index (κ2) is 7.25. The first kappa shape index (κ1) is 18.3. The van der Waals surface area contributed by atoms with Gasteiger partial charge in [-0.15, -0.1) is 0 Å². The normalized spacial score (nSPS) is 23.0. The van der Waals surface area contributed by atoms with Crippen LogP contribution in [0.3, 0.4) is 0 Å². The summed E-state index contributed by atoms with van der Waals surface area (Å²) in [4.78, 5) is 17.4. The molecule has 23 heavy (non-hydrogen) atoms. The van der Waals surface area contributed by atoms with E-state index in [0.717, 1.165) is 0 Å². The Morgan fingerprint density at radius 1 is 1.22 bits per heavy atom. The minimum atomic E-state index is -4.22. The molecular formula is C15H27F3N4O. The van der Waals surface area contributed by atoms with Crippen molar-refractivity contribution in [3.63, 3.8) is 0 Å². The van der Waals surface area contributed by atoms with Crippen molar-refractivity contribution >= 4 is 6.03 Å². The second-order valence-corrected chi connectivity index (χ2v) is 6.67. The number of alkyl halides is 3. The molecule has 0 unspecified atom stereocenters. The summed E-state index contributed by atoms with van der Waals surface area (Å²) >= 11 is 0. The van der Waals surface area contributed by atoms with E-state index in [0.29, 0.717) is 25.7 Å². The van der Waals surface area contributed by atoms with Crippen LogP contribution in [-0.2, 0) is 0 Å². The lowest BCUT2D eigenvalue weighted by atomic mass is 10.2. The van der Waals surface area contributed by atoms with Crippen molar-refractivity contribution < 1.29 is 18.0 Å². The number of likely N-dealkylation sites (N-methyl/N-ethyl adjacent to an activating group) is 1. The van der Waals surface area contributed by atoms with E-state index in [2.05, 4.69) is 24.2 Å².